The number of carbonyl (C=O) groups is 2. The average Bonchev–Trinajstić information content (AvgIpc) is 2.41. The molecule has 2 rings (SSSR count). The Morgan fingerprint density at radius 3 is 2.83 bits per heavy atom. The number of ether oxygens (including phenoxy) is 2. The molecule has 0 unspecified atom stereocenters. The monoisotopic (exact) mass is 249 g/mol. The highest BCUT2D eigenvalue weighted by molar-refractivity contribution is 5.86. The zero-order valence-electron chi connectivity index (χ0n) is 10.2. The number of methoxy groups -OCH3 is 1. The van der Waals surface area contributed by atoms with Crippen LogP contribution in [0.1, 0.15) is 5.56 Å². The second-order valence-electron chi connectivity index (χ2n) is 4.06. The molecule has 1 aliphatic heterocycles. The molecule has 0 saturated carbocycles. The van der Waals surface area contributed by atoms with Crippen LogP contribution in [0.5, 0.6) is 0 Å². The topological polar surface area (TPSA) is 55.8 Å². The van der Waals surface area contributed by atoms with Crippen LogP contribution >= 0.6 is 0 Å². The van der Waals surface area contributed by atoms with Gasteiger partial charge in [-0.1, -0.05) is 30.3 Å². The molecule has 0 radical (unpaired) electrons. The number of carbonyl (C=O) groups excluding carboxylic acids is 2. The van der Waals surface area contributed by atoms with Gasteiger partial charge in [-0.15, -0.1) is 0 Å². The number of amides is 1. The lowest BCUT2D eigenvalue weighted by atomic mass is 10.1. The summed E-state index contributed by atoms with van der Waals surface area (Å²) in [6.07, 6.45) is 0. The van der Waals surface area contributed by atoms with Crippen LogP contribution in [-0.2, 0) is 25.6 Å². The van der Waals surface area contributed by atoms with Crippen LogP contribution in [0.15, 0.2) is 30.3 Å². The Morgan fingerprint density at radius 2 is 2.17 bits per heavy atom. The van der Waals surface area contributed by atoms with Gasteiger partial charge in [-0.05, 0) is 5.56 Å². The molecular formula is C13H15NO4. The zero-order chi connectivity index (χ0) is 13.0. The fourth-order valence-corrected chi connectivity index (χ4v) is 1.91. The second-order valence-corrected chi connectivity index (χ2v) is 4.06. The van der Waals surface area contributed by atoms with E-state index in [4.69, 9.17) is 9.47 Å². The molecule has 1 heterocycles. The third-order valence-corrected chi connectivity index (χ3v) is 2.87. The summed E-state index contributed by atoms with van der Waals surface area (Å²) in [5.41, 5.74) is 0.974. The summed E-state index contributed by atoms with van der Waals surface area (Å²) in [6, 6.07) is 8.87. The summed E-state index contributed by atoms with van der Waals surface area (Å²) < 4.78 is 9.79. The molecular weight excluding hydrogens is 234 g/mol. The highest BCUT2D eigenvalue weighted by Crippen LogP contribution is 2.14. The van der Waals surface area contributed by atoms with E-state index in [0.717, 1.165) is 5.56 Å². The number of nitrogens with zero attached hydrogens (tertiary/aromatic N) is 1. The molecule has 1 atom stereocenters. The quantitative estimate of drug-likeness (QED) is 0.736. The van der Waals surface area contributed by atoms with Crippen molar-refractivity contribution in [2.24, 2.45) is 0 Å². The molecule has 18 heavy (non-hydrogen) atoms. The first kappa shape index (κ1) is 12.6. The molecule has 1 aliphatic rings. The lowest BCUT2D eigenvalue weighted by Crippen LogP contribution is -2.53. The van der Waals surface area contributed by atoms with Crippen LogP contribution in [0.3, 0.4) is 0 Å². The Kier molecular flexibility index (Phi) is 3.94. The van der Waals surface area contributed by atoms with Crippen LogP contribution in [0.25, 0.3) is 0 Å². The molecule has 1 fully saturated rings. The fourth-order valence-electron chi connectivity index (χ4n) is 1.91. The minimum atomic E-state index is -0.656. The first-order valence-corrected chi connectivity index (χ1v) is 5.71. The Balaban J connectivity index is 2.15. The molecule has 1 saturated heterocycles. The molecule has 5 heteroatoms. The smallest absolute Gasteiger partial charge is 0.331 e. The minimum absolute atomic E-state index is 0.0142. The zero-order valence-corrected chi connectivity index (χ0v) is 10.2. The normalized spacial score (nSPS) is 19.7. The molecule has 0 N–H and O–H groups in total. The number of morpholine rings is 1. The van der Waals surface area contributed by atoms with Crippen molar-refractivity contribution in [1.82, 2.24) is 4.90 Å². The van der Waals surface area contributed by atoms with E-state index in [1.807, 2.05) is 30.3 Å². The van der Waals surface area contributed by atoms with Crippen LogP contribution < -0.4 is 0 Å². The van der Waals surface area contributed by atoms with Crippen LogP contribution in [0, 0.1) is 0 Å². The molecule has 0 aromatic heterocycles. The molecule has 1 aromatic rings. The van der Waals surface area contributed by atoms with Crippen LogP contribution in [0.2, 0.25) is 0 Å². The van der Waals surface area contributed by atoms with Gasteiger partial charge < -0.3 is 14.4 Å². The average molecular weight is 249 g/mol. The van der Waals surface area contributed by atoms with Gasteiger partial charge in [-0.2, -0.15) is 0 Å². The summed E-state index contributed by atoms with van der Waals surface area (Å²) >= 11 is 0. The summed E-state index contributed by atoms with van der Waals surface area (Å²) in [5, 5.41) is 0. The van der Waals surface area contributed by atoms with Crippen LogP contribution in [-0.4, -0.2) is 43.1 Å². The largest absolute Gasteiger partial charge is 0.467 e. The second kappa shape index (κ2) is 5.64. The van der Waals surface area contributed by atoms with Gasteiger partial charge in [0.1, 0.15) is 6.61 Å². The number of benzene rings is 1. The molecule has 1 aromatic carbocycles. The van der Waals surface area contributed by atoms with Crippen molar-refractivity contribution in [3.05, 3.63) is 35.9 Å². The van der Waals surface area contributed by atoms with Crippen molar-refractivity contribution in [3.63, 3.8) is 0 Å². The van der Waals surface area contributed by atoms with E-state index in [9.17, 15) is 9.59 Å². The predicted molar refractivity (Wildman–Crippen MR) is 63.6 cm³/mol. The Labute approximate surface area is 105 Å². The highest BCUT2D eigenvalue weighted by atomic mass is 16.5. The Bertz CT molecular complexity index is 432. The van der Waals surface area contributed by atoms with E-state index >= 15 is 0 Å². The van der Waals surface area contributed by atoms with Crippen molar-refractivity contribution in [2.45, 2.75) is 12.6 Å². The van der Waals surface area contributed by atoms with Gasteiger partial charge in [-0.3, -0.25) is 4.79 Å². The maximum absolute atomic E-state index is 11.8. The van der Waals surface area contributed by atoms with E-state index in [0.29, 0.717) is 6.54 Å². The SMILES string of the molecule is COC(=O)[C@@H]1COCC(=O)N1Cc1ccccc1. The van der Waals surface area contributed by atoms with Crippen molar-refractivity contribution < 1.29 is 19.1 Å². The van der Waals surface area contributed by atoms with Gasteiger partial charge in [0.15, 0.2) is 6.04 Å². The predicted octanol–water partition coefficient (Wildman–Crippen LogP) is 0.587. The number of hydrogen-bond donors (Lipinski definition) is 0. The molecule has 96 valence electrons. The van der Waals surface area contributed by atoms with Crippen molar-refractivity contribution in [3.8, 4) is 0 Å². The van der Waals surface area contributed by atoms with Gasteiger partial charge in [0, 0.05) is 6.54 Å². The van der Waals surface area contributed by atoms with Gasteiger partial charge in [0.05, 0.1) is 13.7 Å². The standard InChI is InChI=1S/C13H15NO4/c1-17-13(16)11-8-18-9-12(15)14(11)7-10-5-3-2-4-6-10/h2-6,11H,7-9H2,1H3/t11-/m0/s1. The van der Waals surface area contributed by atoms with Crippen molar-refractivity contribution >= 4 is 11.9 Å². The lowest BCUT2D eigenvalue weighted by Gasteiger charge is -2.33. The maximum Gasteiger partial charge on any atom is 0.331 e. The first-order valence-electron chi connectivity index (χ1n) is 5.71. The maximum atomic E-state index is 11.8. The third kappa shape index (κ3) is 2.68. The number of rotatable bonds is 3. The Morgan fingerprint density at radius 1 is 1.44 bits per heavy atom. The summed E-state index contributed by atoms with van der Waals surface area (Å²) in [4.78, 5) is 24.9. The van der Waals surface area contributed by atoms with E-state index < -0.39 is 12.0 Å². The summed E-state index contributed by atoms with van der Waals surface area (Å²) in [5.74, 6) is -0.639. The van der Waals surface area contributed by atoms with E-state index in [1.54, 1.807) is 0 Å². The lowest BCUT2D eigenvalue weighted by molar-refractivity contribution is -0.165. The Hall–Kier alpha value is -1.88. The van der Waals surface area contributed by atoms with Crippen molar-refractivity contribution in [1.29, 1.82) is 0 Å². The van der Waals surface area contributed by atoms with Gasteiger partial charge in [-0.25, -0.2) is 4.79 Å². The third-order valence-electron chi connectivity index (χ3n) is 2.87. The number of esters is 1. The number of hydrogen-bond acceptors (Lipinski definition) is 4. The highest BCUT2D eigenvalue weighted by Gasteiger charge is 2.34. The van der Waals surface area contributed by atoms with Crippen LogP contribution in [0.4, 0.5) is 0 Å². The van der Waals surface area contributed by atoms with Crippen molar-refractivity contribution in [2.75, 3.05) is 20.3 Å². The fraction of sp³-hybridized carbons (Fsp3) is 0.385. The summed E-state index contributed by atoms with van der Waals surface area (Å²) in [6.45, 7) is 0.592. The van der Waals surface area contributed by atoms with E-state index in [1.165, 1.54) is 12.0 Å². The molecule has 0 aliphatic carbocycles. The van der Waals surface area contributed by atoms with E-state index in [2.05, 4.69) is 0 Å². The minimum Gasteiger partial charge on any atom is -0.467 e. The molecule has 0 spiro atoms. The summed E-state index contributed by atoms with van der Waals surface area (Å²) in [7, 11) is 1.31. The molecule has 1 amide bonds. The molecule has 0 bridgehead atoms. The van der Waals surface area contributed by atoms with Gasteiger partial charge in [0.25, 0.3) is 0 Å². The van der Waals surface area contributed by atoms with Gasteiger partial charge >= 0.3 is 5.97 Å². The first-order chi connectivity index (χ1) is 8.72. The van der Waals surface area contributed by atoms with Gasteiger partial charge in [0.2, 0.25) is 5.91 Å². The van der Waals surface area contributed by atoms with E-state index in [-0.39, 0.29) is 19.1 Å². The molecule has 5 nitrogen and oxygen atoms in total.